The number of hydrogen-bond acceptors (Lipinski definition) is 4. The standard InChI is InChI=1S/C17H18N2O2/c20-17(11-7-12-9-21-10-13(8-11)19-12)15-3-1-5-16-14(15)4-2-6-18-16/h1-6,11-13,19H,7-10H2. The molecule has 4 heteroatoms. The predicted octanol–water partition coefficient (Wildman–Crippen LogP) is 2.18. The van der Waals surface area contributed by atoms with Crippen molar-refractivity contribution in [3.05, 3.63) is 42.1 Å². The van der Waals surface area contributed by atoms with Crippen molar-refractivity contribution < 1.29 is 9.53 Å². The number of hydrogen-bond donors (Lipinski definition) is 1. The van der Waals surface area contributed by atoms with Gasteiger partial charge in [0, 0.05) is 35.1 Å². The van der Waals surface area contributed by atoms with Gasteiger partial charge in [0.05, 0.1) is 18.7 Å². The number of fused-ring (bicyclic) bond motifs is 3. The summed E-state index contributed by atoms with van der Waals surface area (Å²) >= 11 is 0. The van der Waals surface area contributed by atoms with Crippen LogP contribution in [0.15, 0.2) is 36.5 Å². The number of pyridine rings is 1. The average molecular weight is 282 g/mol. The molecule has 0 amide bonds. The van der Waals surface area contributed by atoms with Crippen LogP contribution >= 0.6 is 0 Å². The van der Waals surface area contributed by atoms with Crippen molar-refractivity contribution in [2.45, 2.75) is 24.9 Å². The maximum atomic E-state index is 12.9. The first kappa shape index (κ1) is 12.9. The number of nitrogens with zero attached hydrogens (tertiary/aromatic N) is 1. The van der Waals surface area contributed by atoms with Crippen LogP contribution in [0.1, 0.15) is 23.2 Å². The Morgan fingerprint density at radius 3 is 2.76 bits per heavy atom. The van der Waals surface area contributed by atoms with Gasteiger partial charge in [-0.05, 0) is 25.0 Å². The van der Waals surface area contributed by atoms with Crippen molar-refractivity contribution in [1.82, 2.24) is 10.3 Å². The lowest BCUT2D eigenvalue weighted by molar-refractivity contribution is 0.00956. The van der Waals surface area contributed by atoms with Crippen molar-refractivity contribution in [3.8, 4) is 0 Å². The number of ether oxygens (including phenoxy) is 1. The largest absolute Gasteiger partial charge is 0.378 e. The van der Waals surface area contributed by atoms with E-state index in [9.17, 15) is 4.79 Å². The number of piperidine rings is 1. The Hall–Kier alpha value is -1.78. The first-order valence-corrected chi connectivity index (χ1v) is 7.53. The van der Waals surface area contributed by atoms with E-state index in [1.54, 1.807) is 6.20 Å². The normalized spacial score (nSPS) is 28.5. The minimum Gasteiger partial charge on any atom is -0.378 e. The van der Waals surface area contributed by atoms with Crippen LogP contribution in [0, 0.1) is 5.92 Å². The quantitative estimate of drug-likeness (QED) is 0.858. The fourth-order valence-electron chi connectivity index (χ4n) is 3.59. The first-order valence-electron chi connectivity index (χ1n) is 7.53. The summed E-state index contributed by atoms with van der Waals surface area (Å²) in [5, 5.41) is 4.50. The Balaban J connectivity index is 1.67. The second-order valence-corrected chi connectivity index (χ2v) is 6.01. The molecule has 108 valence electrons. The molecular weight excluding hydrogens is 264 g/mol. The van der Waals surface area contributed by atoms with E-state index < -0.39 is 0 Å². The summed E-state index contributed by atoms with van der Waals surface area (Å²) in [5.41, 5.74) is 1.70. The maximum Gasteiger partial charge on any atom is 0.166 e. The van der Waals surface area contributed by atoms with Gasteiger partial charge in [0.1, 0.15) is 0 Å². The number of Topliss-reactive ketones (excluding diaryl/α,β-unsaturated/α-hetero) is 1. The van der Waals surface area contributed by atoms with Gasteiger partial charge in [-0.1, -0.05) is 18.2 Å². The van der Waals surface area contributed by atoms with Gasteiger partial charge in [-0.3, -0.25) is 9.78 Å². The van der Waals surface area contributed by atoms with Crippen molar-refractivity contribution in [3.63, 3.8) is 0 Å². The maximum absolute atomic E-state index is 12.9. The summed E-state index contributed by atoms with van der Waals surface area (Å²) in [5.74, 6) is 0.350. The Bertz CT molecular complexity index is 668. The van der Waals surface area contributed by atoms with E-state index in [0.717, 1.165) is 42.5 Å². The van der Waals surface area contributed by atoms with Crippen LogP contribution in [0.5, 0.6) is 0 Å². The number of benzene rings is 1. The summed E-state index contributed by atoms with van der Waals surface area (Å²) in [6.45, 7) is 1.44. The van der Waals surface area contributed by atoms with E-state index in [2.05, 4.69) is 10.3 Å². The average Bonchev–Trinajstić information content (AvgIpc) is 2.53. The minimum absolute atomic E-state index is 0.0935. The molecule has 2 bridgehead atoms. The third-order valence-electron chi connectivity index (χ3n) is 4.53. The zero-order chi connectivity index (χ0) is 14.2. The molecule has 2 atom stereocenters. The monoisotopic (exact) mass is 282 g/mol. The minimum atomic E-state index is 0.0935. The lowest BCUT2D eigenvalue weighted by Crippen LogP contribution is -2.55. The van der Waals surface area contributed by atoms with Crippen LogP contribution in [0.3, 0.4) is 0 Å². The molecule has 4 rings (SSSR count). The van der Waals surface area contributed by atoms with E-state index in [0.29, 0.717) is 12.1 Å². The summed E-state index contributed by atoms with van der Waals surface area (Å²) in [6, 6.07) is 10.3. The first-order chi connectivity index (χ1) is 10.3. The van der Waals surface area contributed by atoms with Crippen molar-refractivity contribution in [2.24, 2.45) is 5.92 Å². The smallest absolute Gasteiger partial charge is 0.166 e. The zero-order valence-corrected chi connectivity index (χ0v) is 11.8. The lowest BCUT2D eigenvalue weighted by Gasteiger charge is -2.39. The lowest BCUT2D eigenvalue weighted by atomic mass is 9.81. The van der Waals surface area contributed by atoms with Crippen LogP contribution in [-0.4, -0.2) is 36.1 Å². The molecular formula is C17H18N2O2. The SMILES string of the molecule is O=C(c1cccc2ncccc12)C1CC2COCC(C1)N2. The van der Waals surface area contributed by atoms with Gasteiger partial charge in [-0.15, -0.1) is 0 Å². The Morgan fingerprint density at radius 1 is 1.14 bits per heavy atom. The van der Waals surface area contributed by atoms with E-state index in [1.807, 2.05) is 30.3 Å². The summed E-state index contributed by atoms with van der Waals surface area (Å²) < 4.78 is 5.56. The molecule has 0 aliphatic carbocycles. The van der Waals surface area contributed by atoms with E-state index in [-0.39, 0.29) is 11.7 Å². The third-order valence-corrected chi connectivity index (χ3v) is 4.53. The number of carbonyl (C=O) groups excluding carboxylic acids is 1. The molecule has 0 spiro atoms. The van der Waals surface area contributed by atoms with Crippen LogP contribution in [0.2, 0.25) is 0 Å². The Labute approximate surface area is 123 Å². The van der Waals surface area contributed by atoms with Crippen LogP contribution in [0.25, 0.3) is 10.9 Å². The zero-order valence-electron chi connectivity index (χ0n) is 11.8. The fraction of sp³-hybridized carbons (Fsp3) is 0.412. The van der Waals surface area contributed by atoms with Gasteiger partial charge >= 0.3 is 0 Å². The van der Waals surface area contributed by atoms with Gasteiger partial charge in [0.15, 0.2) is 5.78 Å². The molecule has 1 N–H and O–H groups in total. The number of ketones is 1. The molecule has 2 unspecified atom stereocenters. The molecule has 4 nitrogen and oxygen atoms in total. The second kappa shape index (κ2) is 5.20. The Morgan fingerprint density at radius 2 is 1.95 bits per heavy atom. The molecule has 2 aliphatic heterocycles. The molecule has 2 aliphatic rings. The van der Waals surface area contributed by atoms with Gasteiger partial charge in [0.25, 0.3) is 0 Å². The predicted molar refractivity (Wildman–Crippen MR) is 80.3 cm³/mol. The van der Waals surface area contributed by atoms with Crippen molar-refractivity contribution in [2.75, 3.05) is 13.2 Å². The van der Waals surface area contributed by atoms with E-state index in [4.69, 9.17) is 4.74 Å². The number of aromatic nitrogens is 1. The number of morpholine rings is 1. The molecule has 3 heterocycles. The fourth-order valence-corrected chi connectivity index (χ4v) is 3.59. The molecule has 2 aromatic rings. The highest BCUT2D eigenvalue weighted by Crippen LogP contribution is 2.29. The molecule has 0 saturated carbocycles. The molecule has 21 heavy (non-hydrogen) atoms. The molecule has 2 saturated heterocycles. The highest BCUT2D eigenvalue weighted by Gasteiger charge is 2.35. The highest BCUT2D eigenvalue weighted by molar-refractivity contribution is 6.08. The molecule has 1 aromatic carbocycles. The molecule has 2 fully saturated rings. The third kappa shape index (κ3) is 2.34. The van der Waals surface area contributed by atoms with Crippen LogP contribution in [-0.2, 0) is 4.74 Å². The number of rotatable bonds is 2. The number of carbonyl (C=O) groups is 1. The van der Waals surface area contributed by atoms with Gasteiger partial charge < -0.3 is 10.1 Å². The van der Waals surface area contributed by atoms with Gasteiger partial charge in [0.2, 0.25) is 0 Å². The van der Waals surface area contributed by atoms with E-state index >= 15 is 0 Å². The summed E-state index contributed by atoms with van der Waals surface area (Å²) in [6.07, 6.45) is 3.50. The molecule has 0 radical (unpaired) electrons. The van der Waals surface area contributed by atoms with Crippen molar-refractivity contribution in [1.29, 1.82) is 0 Å². The van der Waals surface area contributed by atoms with Crippen molar-refractivity contribution >= 4 is 16.7 Å². The Kier molecular flexibility index (Phi) is 3.20. The van der Waals surface area contributed by atoms with Gasteiger partial charge in [-0.25, -0.2) is 0 Å². The van der Waals surface area contributed by atoms with Gasteiger partial charge in [-0.2, -0.15) is 0 Å². The second-order valence-electron chi connectivity index (χ2n) is 6.01. The van der Waals surface area contributed by atoms with E-state index in [1.165, 1.54) is 0 Å². The highest BCUT2D eigenvalue weighted by atomic mass is 16.5. The molecule has 1 aromatic heterocycles. The topological polar surface area (TPSA) is 51.2 Å². The number of nitrogens with one attached hydrogen (secondary N) is 1. The van der Waals surface area contributed by atoms with Crippen LogP contribution in [0.4, 0.5) is 0 Å². The van der Waals surface area contributed by atoms with Crippen LogP contribution < -0.4 is 5.32 Å². The summed E-state index contributed by atoms with van der Waals surface area (Å²) in [4.78, 5) is 17.3. The summed E-state index contributed by atoms with van der Waals surface area (Å²) in [7, 11) is 0.